The van der Waals surface area contributed by atoms with Gasteiger partial charge < -0.3 is 4.74 Å². The van der Waals surface area contributed by atoms with Gasteiger partial charge in [-0.25, -0.2) is 0 Å². The van der Waals surface area contributed by atoms with Gasteiger partial charge in [-0.3, -0.25) is 11.3 Å². The van der Waals surface area contributed by atoms with Crippen molar-refractivity contribution in [3.63, 3.8) is 0 Å². The van der Waals surface area contributed by atoms with Gasteiger partial charge in [-0.05, 0) is 6.92 Å². The smallest absolute Gasteiger partial charge is 0.0626 e. The van der Waals surface area contributed by atoms with Gasteiger partial charge in [0.25, 0.3) is 0 Å². The van der Waals surface area contributed by atoms with Crippen LogP contribution < -0.4 is 11.3 Å². The maximum Gasteiger partial charge on any atom is 0.0626 e. The van der Waals surface area contributed by atoms with E-state index in [-0.39, 0.29) is 18.4 Å². The van der Waals surface area contributed by atoms with Crippen molar-refractivity contribution in [3.05, 3.63) is 0 Å². The summed E-state index contributed by atoms with van der Waals surface area (Å²) in [5, 5.41) is 0. The molecule has 8 heavy (non-hydrogen) atoms. The quantitative estimate of drug-likeness (QED) is 0.426. The number of hydrogen-bond donors (Lipinski definition) is 2. The van der Waals surface area contributed by atoms with Crippen LogP contribution in [0.5, 0.6) is 0 Å². The molecule has 0 aliphatic carbocycles. The number of methoxy groups -OCH3 is 1. The molecular weight excluding hydrogens is 128 g/mol. The molecule has 0 rings (SSSR count). The number of ether oxygens (including phenoxy) is 1. The van der Waals surface area contributed by atoms with E-state index >= 15 is 0 Å². The maximum atomic E-state index is 5.03. The fourth-order valence-electron chi connectivity index (χ4n) is 0.298. The van der Waals surface area contributed by atoms with Crippen molar-refractivity contribution in [1.29, 1.82) is 0 Å². The van der Waals surface area contributed by atoms with Crippen molar-refractivity contribution in [2.75, 3.05) is 13.7 Å². The number of rotatable bonds is 3. The zero-order valence-electron chi connectivity index (χ0n) is 5.18. The Hall–Kier alpha value is 0.170. The van der Waals surface area contributed by atoms with Gasteiger partial charge in [0.1, 0.15) is 0 Å². The minimum absolute atomic E-state index is 0. The van der Waals surface area contributed by atoms with E-state index in [2.05, 4.69) is 5.43 Å². The Morgan fingerprint density at radius 3 is 2.38 bits per heavy atom. The van der Waals surface area contributed by atoms with E-state index in [9.17, 15) is 0 Å². The molecule has 3 N–H and O–H groups in total. The van der Waals surface area contributed by atoms with E-state index in [1.165, 1.54) is 0 Å². The minimum atomic E-state index is 0. The average Bonchev–Trinajstić information content (AvgIpc) is 1.68. The van der Waals surface area contributed by atoms with Crippen molar-refractivity contribution in [2.45, 2.75) is 13.0 Å². The highest BCUT2D eigenvalue weighted by Crippen LogP contribution is 1.75. The van der Waals surface area contributed by atoms with Crippen LogP contribution in [0.2, 0.25) is 0 Å². The van der Waals surface area contributed by atoms with Gasteiger partial charge in [-0.1, -0.05) is 0 Å². The third-order valence-electron chi connectivity index (χ3n) is 0.701. The summed E-state index contributed by atoms with van der Waals surface area (Å²) < 4.78 is 4.75. The Labute approximate surface area is 56.0 Å². The average molecular weight is 141 g/mol. The van der Waals surface area contributed by atoms with E-state index in [0.717, 1.165) is 0 Å². The molecule has 0 bridgehead atoms. The van der Waals surface area contributed by atoms with Crippen LogP contribution in [0.1, 0.15) is 6.92 Å². The van der Waals surface area contributed by atoms with Crippen molar-refractivity contribution < 1.29 is 4.74 Å². The van der Waals surface area contributed by atoms with E-state index in [4.69, 9.17) is 10.6 Å². The Morgan fingerprint density at radius 2 is 2.25 bits per heavy atom. The Morgan fingerprint density at radius 1 is 1.75 bits per heavy atom. The highest BCUT2D eigenvalue weighted by molar-refractivity contribution is 5.85. The summed E-state index contributed by atoms with van der Waals surface area (Å²) in [6.07, 6.45) is 0. The van der Waals surface area contributed by atoms with E-state index in [1.54, 1.807) is 7.11 Å². The first-order chi connectivity index (χ1) is 3.31. The lowest BCUT2D eigenvalue weighted by atomic mass is 10.4. The van der Waals surface area contributed by atoms with Crippen molar-refractivity contribution in [2.24, 2.45) is 5.84 Å². The molecule has 0 aromatic rings. The topological polar surface area (TPSA) is 47.3 Å². The van der Waals surface area contributed by atoms with E-state index < -0.39 is 0 Å². The number of nitrogens with two attached hydrogens (primary N) is 1. The molecule has 0 amide bonds. The lowest BCUT2D eigenvalue weighted by Crippen LogP contribution is -2.35. The number of halogens is 1. The molecule has 0 aliphatic heterocycles. The highest BCUT2D eigenvalue weighted by atomic mass is 35.5. The second kappa shape index (κ2) is 7.17. The summed E-state index contributed by atoms with van der Waals surface area (Å²) in [7, 11) is 1.65. The monoisotopic (exact) mass is 140 g/mol. The molecule has 3 nitrogen and oxygen atoms in total. The number of hydrogen-bond acceptors (Lipinski definition) is 3. The van der Waals surface area contributed by atoms with Crippen LogP contribution in [0.25, 0.3) is 0 Å². The second-order valence-corrected chi connectivity index (χ2v) is 1.52. The molecule has 0 radical (unpaired) electrons. The first kappa shape index (κ1) is 11.0. The first-order valence-electron chi connectivity index (χ1n) is 2.26. The fraction of sp³-hybridized carbons (Fsp3) is 1.00. The van der Waals surface area contributed by atoms with Gasteiger partial charge in [-0.2, -0.15) is 0 Å². The molecule has 1 atom stereocenters. The van der Waals surface area contributed by atoms with Crippen molar-refractivity contribution in [1.82, 2.24) is 5.43 Å². The van der Waals surface area contributed by atoms with E-state index in [0.29, 0.717) is 6.61 Å². The largest absolute Gasteiger partial charge is 0.383 e. The summed E-state index contributed by atoms with van der Waals surface area (Å²) in [6, 6.07) is 0.255. The van der Waals surface area contributed by atoms with Gasteiger partial charge in [0, 0.05) is 13.2 Å². The molecule has 0 spiro atoms. The van der Waals surface area contributed by atoms with Crippen molar-refractivity contribution in [3.8, 4) is 0 Å². The minimum Gasteiger partial charge on any atom is -0.383 e. The van der Waals surface area contributed by atoms with Gasteiger partial charge in [0.2, 0.25) is 0 Å². The normalized spacial score (nSPS) is 12.4. The Balaban J connectivity index is 0. The third-order valence-corrected chi connectivity index (χ3v) is 0.701. The zero-order chi connectivity index (χ0) is 5.70. The van der Waals surface area contributed by atoms with Gasteiger partial charge in [0.05, 0.1) is 6.61 Å². The van der Waals surface area contributed by atoms with Crippen molar-refractivity contribution >= 4 is 12.4 Å². The molecule has 0 aromatic carbocycles. The summed E-state index contributed by atoms with van der Waals surface area (Å²) in [4.78, 5) is 0. The molecule has 0 saturated carbocycles. The first-order valence-corrected chi connectivity index (χ1v) is 2.26. The SMILES string of the molecule is COCC(C)NN.Cl. The van der Waals surface area contributed by atoms with Crippen LogP contribution >= 0.6 is 12.4 Å². The van der Waals surface area contributed by atoms with Gasteiger partial charge in [0.15, 0.2) is 0 Å². The predicted molar refractivity (Wildman–Crippen MR) is 35.9 cm³/mol. The van der Waals surface area contributed by atoms with Crippen LogP contribution in [0, 0.1) is 0 Å². The van der Waals surface area contributed by atoms with Gasteiger partial charge >= 0.3 is 0 Å². The van der Waals surface area contributed by atoms with E-state index in [1.807, 2.05) is 6.92 Å². The lowest BCUT2D eigenvalue weighted by molar-refractivity contribution is 0.172. The number of nitrogens with one attached hydrogen (secondary N) is 1. The van der Waals surface area contributed by atoms with Crippen LogP contribution in [0.4, 0.5) is 0 Å². The lowest BCUT2D eigenvalue weighted by Gasteiger charge is -2.05. The Kier molecular flexibility index (Phi) is 9.89. The van der Waals surface area contributed by atoms with Gasteiger partial charge in [-0.15, -0.1) is 12.4 Å². The molecule has 0 heterocycles. The number of hydrazine groups is 1. The second-order valence-electron chi connectivity index (χ2n) is 1.52. The fourth-order valence-corrected chi connectivity index (χ4v) is 0.298. The van der Waals surface area contributed by atoms with Crippen LogP contribution in [0.3, 0.4) is 0 Å². The molecular formula is C4H13ClN2O. The molecule has 0 aromatic heterocycles. The zero-order valence-corrected chi connectivity index (χ0v) is 5.99. The third kappa shape index (κ3) is 6.17. The van der Waals surface area contributed by atoms with Crippen LogP contribution in [0.15, 0.2) is 0 Å². The summed E-state index contributed by atoms with van der Waals surface area (Å²) in [5.74, 6) is 5.03. The summed E-state index contributed by atoms with van der Waals surface area (Å²) in [5.41, 5.74) is 2.54. The highest BCUT2D eigenvalue weighted by Gasteiger charge is 1.92. The molecule has 1 unspecified atom stereocenters. The van der Waals surface area contributed by atoms with Crippen LogP contribution in [-0.2, 0) is 4.74 Å². The molecule has 4 heteroatoms. The Bertz CT molecular complexity index is 45.0. The molecule has 0 saturated heterocycles. The molecule has 52 valence electrons. The molecule has 0 fully saturated rings. The van der Waals surface area contributed by atoms with Crippen LogP contribution in [-0.4, -0.2) is 19.8 Å². The summed E-state index contributed by atoms with van der Waals surface area (Å²) >= 11 is 0. The predicted octanol–water partition coefficient (Wildman–Crippen LogP) is -0.0936. The summed E-state index contributed by atoms with van der Waals surface area (Å²) in [6.45, 7) is 2.61. The standard InChI is InChI=1S/C4H12N2O.ClH/c1-4(6-5)3-7-2;/h4,6H,3,5H2,1-2H3;1H. The molecule has 0 aliphatic rings. The maximum absolute atomic E-state index is 5.03.